The second kappa shape index (κ2) is 8.65. The third-order valence-electron chi connectivity index (χ3n) is 4.33. The number of rotatable bonds is 7. The summed E-state index contributed by atoms with van der Waals surface area (Å²) in [4.78, 5) is 25.6. The normalized spacial score (nSPS) is 15.9. The SMILES string of the molecule is COc1cc(C(=O)O)cc(C(=O)NCCN2CCC(CO)CC2)c1. The lowest BCUT2D eigenvalue weighted by molar-refractivity contribution is 0.0696. The van der Waals surface area contributed by atoms with Crippen LogP contribution in [-0.2, 0) is 0 Å². The number of amides is 1. The molecule has 1 heterocycles. The van der Waals surface area contributed by atoms with Gasteiger partial charge in [0.25, 0.3) is 5.91 Å². The first-order valence-corrected chi connectivity index (χ1v) is 8.07. The van der Waals surface area contributed by atoms with Gasteiger partial charge in [-0.2, -0.15) is 0 Å². The van der Waals surface area contributed by atoms with Gasteiger partial charge in [0.2, 0.25) is 0 Å². The number of likely N-dealkylation sites (tertiary alicyclic amines) is 1. The van der Waals surface area contributed by atoms with E-state index < -0.39 is 5.97 Å². The van der Waals surface area contributed by atoms with E-state index in [-0.39, 0.29) is 23.6 Å². The van der Waals surface area contributed by atoms with Gasteiger partial charge in [0.15, 0.2) is 0 Å². The molecular weight excluding hydrogens is 312 g/mol. The molecule has 3 N–H and O–H groups in total. The number of nitrogens with zero attached hydrogens (tertiary/aromatic N) is 1. The molecule has 1 fully saturated rings. The van der Waals surface area contributed by atoms with E-state index in [0.29, 0.717) is 18.2 Å². The molecule has 24 heavy (non-hydrogen) atoms. The van der Waals surface area contributed by atoms with E-state index >= 15 is 0 Å². The summed E-state index contributed by atoms with van der Waals surface area (Å²) >= 11 is 0. The average Bonchev–Trinajstić information content (AvgIpc) is 2.61. The van der Waals surface area contributed by atoms with Gasteiger partial charge in [-0.25, -0.2) is 4.79 Å². The first-order valence-electron chi connectivity index (χ1n) is 8.07. The first kappa shape index (κ1) is 18.2. The van der Waals surface area contributed by atoms with Gasteiger partial charge >= 0.3 is 5.97 Å². The monoisotopic (exact) mass is 336 g/mol. The Morgan fingerprint density at radius 3 is 2.50 bits per heavy atom. The summed E-state index contributed by atoms with van der Waals surface area (Å²) in [7, 11) is 1.43. The van der Waals surface area contributed by atoms with Crippen LogP contribution in [0.2, 0.25) is 0 Å². The summed E-state index contributed by atoms with van der Waals surface area (Å²) in [6.07, 6.45) is 1.95. The summed E-state index contributed by atoms with van der Waals surface area (Å²) in [6.45, 7) is 3.31. The van der Waals surface area contributed by atoms with Gasteiger partial charge in [0.1, 0.15) is 5.75 Å². The number of aliphatic hydroxyl groups is 1. The molecule has 0 aromatic heterocycles. The van der Waals surface area contributed by atoms with Crippen molar-refractivity contribution in [3.05, 3.63) is 29.3 Å². The number of aliphatic hydroxyl groups excluding tert-OH is 1. The minimum absolute atomic E-state index is 0.0191. The number of carbonyl (C=O) groups excluding carboxylic acids is 1. The van der Waals surface area contributed by atoms with E-state index in [1.807, 2.05) is 0 Å². The van der Waals surface area contributed by atoms with Crippen LogP contribution < -0.4 is 10.1 Å². The van der Waals surface area contributed by atoms with Crippen molar-refractivity contribution < 1.29 is 24.5 Å². The molecule has 0 unspecified atom stereocenters. The molecule has 0 atom stereocenters. The van der Waals surface area contributed by atoms with Crippen molar-refractivity contribution in [1.29, 1.82) is 0 Å². The Kier molecular flexibility index (Phi) is 6.57. The Labute approximate surface area is 141 Å². The van der Waals surface area contributed by atoms with Crippen molar-refractivity contribution in [2.24, 2.45) is 5.92 Å². The second-order valence-electron chi connectivity index (χ2n) is 5.98. The fraction of sp³-hybridized carbons (Fsp3) is 0.529. The van der Waals surface area contributed by atoms with Gasteiger partial charge in [-0.1, -0.05) is 0 Å². The number of benzene rings is 1. The van der Waals surface area contributed by atoms with Crippen molar-refractivity contribution in [1.82, 2.24) is 10.2 Å². The Balaban J connectivity index is 1.86. The lowest BCUT2D eigenvalue weighted by Gasteiger charge is -2.30. The van der Waals surface area contributed by atoms with Gasteiger partial charge in [0, 0.05) is 25.3 Å². The van der Waals surface area contributed by atoms with Crippen molar-refractivity contribution in [2.45, 2.75) is 12.8 Å². The minimum Gasteiger partial charge on any atom is -0.497 e. The Bertz CT molecular complexity index is 582. The number of piperidine rings is 1. The zero-order valence-electron chi connectivity index (χ0n) is 13.8. The van der Waals surface area contributed by atoms with Crippen LogP contribution in [0, 0.1) is 5.92 Å². The smallest absolute Gasteiger partial charge is 0.335 e. The van der Waals surface area contributed by atoms with E-state index in [1.54, 1.807) is 0 Å². The number of aromatic carboxylic acids is 1. The van der Waals surface area contributed by atoms with Crippen molar-refractivity contribution in [3.8, 4) is 5.75 Å². The molecule has 0 spiro atoms. The largest absolute Gasteiger partial charge is 0.497 e. The number of hydrogen-bond donors (Lipinski definition) is 3. The van der Waals surface area contributed by atoms with E-state index in [2.05, 4.69) is 10.2 Å². The lowest BCUT2D eigenvalue weighted by Crippen LogP contribution is -2.40. The van der Waals surface area contributed by atoms with Crippen molar-refractivity contribution in [2.75, 3.05) is 39.9 Å². The molecule has 0 aliphatic carbocycles. The molecule has 1 amide bonds. The van der Waals surface area contributed by atoms with Crippen LogP contribution in [0.15, 0.2) is 18.2 Å². The maximum absolute atomic E-state index is 12.2. The number of ether oxygens (including phenoxy) is 1. The van der Waals surface area contributed by atoms with Crippen LogP contribution in [0.1, 0.15) is 33.6 Å². The summed E-state index contributed by atoms with van der Waals surface area (Å²) in [5, 5.41) is 21.0. The van der Waals surface area contributed by atoms with Crippen LogP contribution in [0.25, 0.3) is 0 Å². The highest BCUT2D eigenvalue weighted by Crippen LogP contribution is 2.18. The first-order chi connectivity index (χ1) is 11.5. The summed E-state index contributed by atoms with van der Waals surface area (Å²) in [6, 6.07) is 4.24. The summed E-state index contributed by atoms with van der Waals surface area (Å²) in [5.41, 5.74) is 0.288. The highest BCUT2D eigenvalue weighted by molar-refractivity contribution is 5.98. The number of hydrogen-bond acceptors (Lipinski definition) is 5. The van der Waals surface area contributed by atoms with Gasteiger partial charge in [-0.15, -0.1) is 0 Å². The van der Waals surface area contributed by atoms with Crippen molar-refractivity contribution in [3.63, 3.8) is 0 Å². The molecule has 1 aliphatic rings. The van der Waals surface area contributed by atoms with Crippen LogP contribution in [0.5, 0.6) is 5.75 Å². The molecule has 7 heteroatoms. The Morgan fingerprint density at radius 2 is 1.92 bits per heavy atom. The van der Waals surface area contributed by atoms with Crippen molar-refractivity contribution >= 4 is 11.9 Å². The van der Waals surface area contributed by atoms with E-state index in [4.69, 9.17) is 14.9 Å². The molecular formula is C17H24N2O5. The summed E-state index contributed by atoms with van der Waals surface area (Å²) < 4.78 is 5.04. The van der Waals surface area contributed by atoms with Gasteiger partial charge < -0.3 is 25.2 Å². The highest BCUT2D eigenvalue weighted by atomic mass is 16.5. The topological polar surface area (TPSA) is 99.1 Å². The Morgan fingerprint density at radius 1 is 1.25 bits per heavy atom. The standard InChI is InChI=1S/C17H24N2O5/c1-24-15-9-13(8-14(10-15)17(22)23)16(21)18-4-7-19-5-2-12(11-20)3-6-19/h8-10,12,20H,2-7,11H2,1H3,(H,18,21)(H,22,23). The lowest BCUT2D eigenvalue weighted by atomic mass is 9.98. The molecule has 0 saturated carbocycles. The second-order valence-corrected chi connectivity index (χ2v) is 5.98. The average molecular weight is 336 g/mol. The number of methoxy groups -OCH3 is 1. The highest BCUT2D eigenvalue weighted by Gasteiger charge is 2.18. The quantitative estimate of drug-likeness (QED) is 0.682. The fourth-order valence-corrected chi connectivity index (χ4v) is 2.79. The van der Waals surface area contributed by atoms with Crippen LogP contribution in [-0.4, -0.2) is 66.9 Å². The number of carboxylic acid groups (broad SMARTS) is 1. The molecule has 7 nitrogen and oxygen atoms in total. The molecule has 2 rings (SSSR count). The van der Waals surface area contributed by atoms with E-state index in [0.717, 1.165) is 32.5 Å². The molecule has 0 radical (unpaired) electrons. The molecule has 1 aromatic rings. The molecule has 1 aromatic carbocycles. The molecule has 1 aliphatic heterocycles. The zero-order chi connectivity index (χ0) is 17.5. The van der Waals surface area contributed by atoms with Crippen LogP contribution in [0.4, 0.5) is 0 Å². The summed E-state index contributed by atoms with van der Waals surface area (Å²) in [5.74, 6) is -0.690. The van der Waals surface area contributed by atoms with E-state index in [1.165, 1.54) is 25.3 Å². The predicted octanol–water partition coefficient (Wildman–Crippen LogP) is 0.827. The van der Waals surface area contributed by atoms with Crippen LogP contribution in [0.3, 0.4) is 0 Å². The fourth-order valence-electron chi connectivity index (χ4n) is 2.79. The zero-order valence-corrected chi connectivity index (χ0v) is 13.8. The number of nitrogens with one attached hydrogen (secondary N) is 1. The number of carboxylic acids is 1. The predicted molar refractivity (Wildman–Crippen MR) is 88.5 cm³/mol. The van der Waals surface area contributed by atoms with Gasteiger partial charge in [-0.05, 0) is 50.0 Å². The maximum atomic E-state index is 12.2. The molecule has 0 bridgehead atoms. The minimum atomic E-state index is -1.10. The number of carbonyl (C=O) groups is 2. The Hall–Kier alpha value is -2.12. The third-order valence-corrected chi connectivity index (χ3v) is 4.33. The maximum Gasteiger partial charge on any atom is 0.335 e. The van der Waals surface area contributed by atoms with Gasteiger partial charge in [0.05, 0.1) is 12.7 Å². The molecule has 1 saturated heterocycles. The molecule has 132 valence electrons. The van der Waals surface area contributed by atoms with Crippen LogP contribution >= 0.6 is 0 Å². The van der Waals surface area contributed by atoms with E-state index in [9.17, 15) is 9.59 Å². The van der Waals surface area contributed by atoms with Gasteiger partial charge in [-0.3, -0.25) is 4.79 Å². The third kappa shape index (κ3) is 4.94.